The zero-order valence-electron chi connectivity index (χ0n) is 13.3. The van der Waals surface area contributed by atoms with Crippen LogP contribution < -0.4 is 4.74 Å². The number of sulfonamides is 1. The SMILES string of the molecule is COc1cccc(C2CCCN2C(=O)CN2CCCS2(=O)=O)c1. The van der Waals surface area contributed by atoms with Crippen LogP contribution in [0.1, 0.15) is 30.9 Å². The van der Waals surface area contributed by atoms with Crippen LogP contribution in [0, 0.1) is 0 Å². The lowest BCUT2D eigenvalue weighted by Gasteiger charge is -2.27. The molecule has 2 aliphatic rings. The van der Waals surface area contributed by atoms with E-state index in [4.69, 9.17) is 4.74 Å². The van der Waals surface area contributed by atoms with Gasteiger partial charge in [-0.3, -0.25) is 4.79 Å². The van der Waals surface area contributed by atoms with E-state index in [0.29, 0.717) is 19.5 Å². The first-order valence-electron chi connectivity index (χ1n) is 7.92. The van der Waals surface area contributed by atoms with Crippen molar-refractivity contribution < 1.29 is 17.9 Å². The van der Waals surface area contributed by atoms with Crippen molar-refractivity contribution in [2.24, 2.45) is 0 Å². The molecule has 2 heterocycles. The number of carbonyl (C=O) groups is 1. The topological polar surface area (TPSA) is 66.9 Å². The van der Waals surface area contributed by atoms with Gasteiger partial charge in [-0.2, -0.15) is 4.31 Å². The van der Waals surface area contributed by atoms with Crippen molar-refractivity contribution >= 4 is 15.9 Å². The monoisotopic (exact) mass is 338 g/mol. The lowest BCUT2D eigenvalue weighted by molar-refractivity contribution is -0.132. The van der Waals surface area contributed by atoms with Gasteiger partial charge < -0.3 is 9.64 Å². The van der Waals surface area contributed by atoms with Crippen molar-refractivity contribution in [3.05, 3.63) is 29.8 Å². The van der Waals surface area contributed by atoms with E-state index in [-0.39, 0.29) is 24.2 Å². The maximum absolute atomic E-state index is 12.6. The van der Waals surface area contributed by atoms with Crippen LogP contribution in [0.15, 0.2) is 24.3 Å². The van der Waals surface area contributed by atoms with Crippen molar-refractivity contribution in [2.75, 3.05) is 32.5 Å². The maximum Gasteiger partial charge on any atom is 0.238 e. The summed E-state index contributed by atoms with van der Waals surface area (Å²) in [6, 6.07) is 7.73. The molecule has 1 aromatic rings. The summed E-state index contributed by atoms with van der Waals surface area (Å²) in [6.45, 7) is 1.09. The van der Waals surface area contributed by atoms with Crippen molar-refractivity contribution in [2.45, 2.75) is 25.3 Å². The molecule has 3 rings (SSSR count). The number of carbonyl (C=O) groups excluding carboxylic acids is 1. The first-order chi connectivity index (χ1) is 11.0. The number of benzene rings is 1. The molecule has 23 heavy (non-hydrogen) atoms. The summed E-state index contributed by atoms with van der Waals surface area (Å²) in [5.41, 5.74) is 1.04. The summed E-state index contributed by atoms with van der Waals surface area (Å²) >= 11 is 0. The minimum absolute atomic E-state index is 0.00269. The molecule has 126 valence electrons. The summed E-state index contributed by atoms with van der Waals surface area (Å²) in [6.07, 6.45) is 2.43. The van der Waals surface area contributed by atoms with Gasteiger partial charge in [-0.25, -0.2) is 8.42 Å². The van der Waals surface area contributed by atoms with Crippen LogP contribution in [-0.2, 0) is 14.8 Å². The van der Waals surface area contributed by atoms with Crippen LogP contribution in [-0.4, -0.2) is 56.0 Å². The first-order valence-corrected chi connectivity index (χ1v) is 9.53. The second kappa shape index (κ2) is 6.49. The van der Waals surface area contributed by atoms with Gasteiger partial charge in [0.15, 0.2) is 0 Å². The smallest absolute Gasteiger partial charge is 0.238 e. The van der Waals surface area contributed by atoms with E-state index in [1.54, 1.807) is 7.11 Å². The number of amides is 1. The van der Waals surface area contributed by atoms with Gasteiger partial charge in [-0.05, 0) is 37.0 Å². The molecule has 7 heteroatoms. The highest BCUT2D eigenvalue weighted by Gasteiger charge is 2.35. The molecule has 0 radical (unpaired) electrons. The number of likely N-dealkylation sites (tertiary alicyclic amines) is 1. The molecule has 0 aromatic heterocycles. The number of methoxy groups -OCH3 is 1. The summed E-state index contributed by atoms with van der Waals surface area (Å²) in [4.78, 5) is 14.4. The zero-order valence-corrected chi connectivity index (χ0v) is 14.1. The number of hydrogen-bond acceptors (Lipinski definition) is 4. The quantitative estimate of drug-likeness (QED) is 0.832. The predicted octanol–water partition coefficient (Wildman–Crippen LogP) is 1.39. The minimum Gasteiger partial charge on any atom is -0.497 e. The van der Waals surface area contributed by atoms with E-state index in [1.807, 2.05) is 29.2 Å². The Morgan fingerprint density at radius 1 is 1.30 bits per heavy atom. The summed E-state index contributed by atoms with van der Waals surface area (Å²) in [5, 5.41) is 0. The van der Waals surface area contributed by atoms with E-state index < -0.39 is 10.0 Å². The van der Waals surface area contributed by atoms with Gasteiger partial charge in [0.25, 0.3) is 0 Å². The fourth-order valence-electron chi connectivity index (χ4n) is 3.37. The number of rotatable bonds is 4. The second-order valence-corrected chi connectivity index (χ2v) is 8.11. The molecule has 0 saturated carbocycles. The predicted molar refractivity (Wildman–Crippen MR) is 86.7 cm³/mol. The Bertz CT molecular complexity index is 689. The summed E-state index contributed by atoms with van der Waals surface area (Å²) < 4.78 is 30.3. The molecule has 0 N–H and O–H groups in total. The standard InChI is InChI=1S/C16H22N2O4S/c1-22-14-6-2-5-13(11-14)15-7-3-9-18(15)16(19)12-17-8-4-10-23(17,20)21/h2,5-6,11,15H,3-4,7-10,12H2,1H3. The Kier molecular flexibility index (Phi) is 4.59. The third kappa shape index (κ3) is 3.35. The Balaban J connectivity index is 1.74. The molecule has 0 spiro atoms. The molecule has 1 unspecified atom stereocenters. The molecule has 2 aliphatic heterocycles. The minimum atomic E-state index is -3.24. The molecule has 0 aliphatic carbocycles. The third-order valence-electron chi connectivity index (χ3n) is 4.57. The lowest BCUT2D eigenvalue weighted by atomic mass is 10.0. The average Bonchev–Trinajstić information content (AvgIpc) is 3.14. The van der Waals surface area contributed by atoms with Crippen LogP contribution in [0.25, 0.3) is 0 Å². The van der Waals surface area contributed by atoms with Crippen molar-refractivity contribution in [3.8, 4) is 5.75 Å². The van der Waals surface area contributed by atoms with Crippen LogP contribution >= 0.6 is 0 Å². The highest BCUT2D eigenvalue weighted by Crippen LogP contribution is 2.33. The lowest BCUT2D eigenvalue weighted by Crippen LogP contribution is -2.40. The second-order valence-electron chi connectivity index (χ2n) is 6.02. The summed E-state index contributed by atoms with van der Waals surface area (Å²) in [7, 11) is -1.62. The molecule has 0 bridgehead atoms. The number of nitrogens with zero attached hydrogens (tertiary/aromatic N) is 2. The maximum atomic E-state index is 12.6. The van der Waals surface area contributed by atoms with Crippen LogP contribution in [0.2, 0.25) is 0 Å². The Labute approximate surface area is 137 Å². The van der Waals surface area contributed by atoms with Gasteiger partial charge in [0, 0.05) is 13.1 Å². The highest BCUT2D eigenvalue weighted by molar-refractivity contribution is 7.89. The fourth-order valence-corrected chi connectivity index (χ4v) is 4.84. The molecular formula is C16H22N2O4S. The van der Waals surface area contributed by atoms with Gasteiger partial charge in [-0.1, -0.05) is 12.1 Å². The molecule has 2 fully saturated rings. The molecule has 2 saturated heterocycles. The third-order valence-corrected chi connectivity index (χ3v) is 6.47. The first kappa shape index (κ1) is 16.3. The normalized spacial score (nSPS) is 24.0. The van der Waals surface area contributed by atoms with Crippen molar-refractivity contribution in [1.29, 1.82) is 0 Å². The Morgan fingerprint density at radius 3 is 2.83 bits per heavy atom. The summed E-state index contributed by atoms with van der Waals surface area (Å²) in [5.74, 6) is 0.810. The van der Waals surface area contributed by atoms with Gasteiger partial charge in [-0.15, -0.1) is 0 Å². The van der Waals surface area contributed by atoms with Gasteiger partial charge in [0.2, 0.25) is 15.9 Å². The largest absolute Gasteiger partial charge is 0.497 e. The molecule has 1 aromatic carbocycles. The van der Waals surface area contributed by atoms with Gasteiger partial charge >= 0.3 is 0 Å². The molecule has 1 amide bonds. The van der Waals surface area contributed by atoms with Gasteiger partial charge in [0.1, 0.15) is 5.75 Å². The highest BCUT2D eigenvalue weighted by atomic mass is 32.2. The van der Waals surface area contributed by atoms with Crippen LogP contribution in [0.4, 0.5) is 0 Å². The van der Waals surface area contributed by atoms with Crippen LogP contribution in [0.3, 0.4) is 0 Å². The van der Waals surface area contributed by atoms with E-state index >= 15 is 0 Å². The molecular weight excluding hydrogens is 316 g/mol. The Morgan fingerprint density at radius 2 is 2.13 bits per heavy atom. The van der Waals surface area contributed by atoms with E-state index in [1.165, 1.54) is 4.31 Å². The van der Waals surface area contributed by atoms with E-state index in [0.717, 1.165) is 24.2 Å². The van der Waals surface area contributed by atoms with E-state index in [9.17, 15) is 13.2 Å². The average molecular weight is 338 g/mol. The van der Waals surface area contributed by atoms with Gasteiger partial charge in [0.05, 0.1) is 25.4 Å². The fraction of sp³-hybridized carbons (Fsp3) is 0.562. The molecule has 6 nitrogen and oxygen atoms in total. The van der Waals surface area contributed by atoms with Crippen molar-refractivity contribution in [3.63, 3.8) is 0 Å². The van der Waals surface area contributed by atoms with E-state index in [2.05, 4.69) is 0 Å². The number of ether oxygens (including phenoxy) is 1. The number of hydrogen-bond donors (Lipinski definition) is 0. The van der Waals surface area contributed by atoms with Crippen LogP contribution in [0.5, 0.6) is 5.75 Å². The molecule has 1 atom stereocenters. The zero-order chi connectivity index (χ0) is 16.4. The van der Waals surface area contributed by atoms with Crippen molar-refractivity contribution in [1.82, 2.24) is 9.21 Å². The Hall–Kier alpha value is -1.60.